The average Bonchev–Trinajstić information content (AvgIpc) is 3.37. The second-order valence-electron chi connectivity index (χ2n) is 10.00. The molecule has 158 valence electrons. The molecule has 1 saturated heterocycles. The summed E-state index contributed by atoms with van der Waals surface area (Å²) < 4.78 is 7.86. The fourth-order valence-electron chi connectivity index (χ4n) is 4.90. The van der Waals surface area contributed by atoms with E-state index in [9.17, 15) is 4.79 Å². The molecular formula is C23H34N4O2. The van der Waals surface area contributed by atoms with Gasteiger partial charge >= 0.3 is 0 Å². The molecule has 29 heavy (non-hydrogen) atoms. The molecule has 1 aliphatic carbocycles. The largest absolute Gasteiger partial charge is 0.361 e. The number of imidazole rings is 1. The molecule has 1 fully saturated rings. The molecular weight excluding hydrogens is 364 g/mol. The second kappa shape index (κ2) is 7.96. The molecule has 0 radical (unpaired) electrons. The molecule has 0 saturated carbocycles. The van der Waals surface area contributed by atoms with Crippen LogP contribution in [0.25, 0.3) is 0 Å². The van der Waals surface area contributed by atoms with Crippen LogP contribution in [0.3, 0.4) is 0 Å². The summed E-state index contributed by atoms with van der Waals surface area (Å²) in [4.78, 5) is 18.8. The Bertz CT molecular complexity index is 826. The maximum atomic E-state index is 12.7. The smallest absolute Gasteiger partial charge is 0.224 e. The number of rotatable bonds is 4. The van der Waals surface area contributed by atoms with E-state index in [1.54, 1.807) is 12.5 Å². The molecule has 1 amide bonds. The minimum absolute atomic E-state index is 0.137. The van der Waals surface area contributed by atoms with Gasteiger partial charge in [-0.2, -0.15) is 0 Å². The van der Waals surface area contributed by atoms with Crippen LogP contribution < -0.4 is 0 Å². The minimum Gasteiger partial charge on any atom is -0.361 e. The highest BCUT2D eigenvalue weighted by molar-refractivity contribution is 5.76. The Morgan fingerprint density at radius 1 is 1.28 bits per heavy atom. The highest BCUT2D eigenvalue weighted by Gasteiger charge is 2.35. The predicted octanol–water partition coefficient (Wildman–Crippen LogP) is 4.38. The van der Waals surface area contributed by atoms with Gasteiger partial charge in [-0.05, 0) is 50.4 Å². The van der Waals surface area contributed by atoms with Gasteiger partial charge < -0.3 is 14.0 Å². The Hall–Kier alpha value is -2.11. The van der Waals surface area contributed by atoms with Crippen molar-refractivity contribution in [1.29, 1.82) is 0 Å². The van der Waals surface area contributed by atoms with Gasteiger partial charge in [-0.15, -0.1) is 0 Å². The third-order valence-corrected chi connectivity index (χ3v) is 7.03. The van der Waals surface area contributed by atoms with E-state index in [2.05, 4.69) is 37.8 Å². The first-order valence-electron chi connectivity index (χ1n) is 11.1. The van der Waals surface area contributed by atoms with Gasteiger partial charge in [-0.25, -0.2) is 4.98 Å². The number of carbonyl (C=O) groups is 1. The molecule has 1 aliphatic heterocycles. The molecule has 0 unspecified atom stereocenters. The molecule has 0 aromatic carbocycles. The standard InChI is InChI=1S/C23H34N4O2/c1-16(27-12-9-24-15-27)13-21(28)26-10-7-17(8-11-26)22-19-14-18(23(2,3)4)5-6-20(19)25-29-22/h9,12,15-18H,5-8,10-11,13-14H2,1-4H3/t16-,18+/m0/s1. The fraction of sp³-hybridized carbons (Fsp3) is 0.696. The highest BCUT2D eigenvalue weighted by atomic mass is 16.5. The van der Waals surface area contributed by atoms with Gasteiger partial charge in [0.15, 0.2) is 0 Å². The summed E-state index contributed by atoms with van der Waals surface area (Å²) in [6, 6.07) is 0.137. The van der Waals surface area contributed by atoms with Crippen molar-refractivity contribution in [3.63, 3.8) is 0 Å². The number of hydrogen-bond acceptors (Lipinski definition) is 4. The maximum Gasteiger partial charge on any atom is 0.224 e. The number of amides is 1. The summed E-state index contributed by atoms with van der Waals surface area (Å²) in [5.41, 5.74) is 2.86. The van der Waals surface area contributed by atoms with Gasteiger partial charge in [0, 0.05) is 49.4 Å². The molecule has 0 N–H and O–H groups in total. The number of fused-ring (bicyclic) bond motifs is 1. The first-order valence-corrected chi connectivity index (χ1v) is 11.1. The van der Waals surface area contributed by atoms with Crippen molar-refractivity contribution in [3.8, 4) is 0 Å². The van der Waals surface area contributed by atoms with Crippen LogP contribution in [-0.4, -0.2) is 38.6 Å². The highest BCUT2D eigenvalue weighted by Crippen LogP contribution is 2.41. The number of hydrogen-bond donors (Lipinski definition) is 0. The lowest BCUT2D eigenvalue weighted by molar-refractivity contribution is -0.133. The van der Waals surface area contributed by atoms with Crippen LogP contribution >= 0.6 is 0 Å². The van der Waals surface area contributed by atoms with Gasteiger partial charge in [0.2, 0.25) is 5.91 Å². The van der Waals surface area contributed by atoms with Gasteiger partial charge in [-0.1, -0.05) is 25.9 Å². The van der Waals surface area contributed by atoms with E-state index in [1.807, 2.05) is 15.7 Å². The van der Waals surface area contributed by atoms with Crippen molar-refractivity contribution < 1.29 is 9.32 Å². The third-order valence-electron chi connectivity index (χ3n) is 7.03. The van der Waals surface area contributed by atoms with Gasteiger partial charge in [0.25, 0.3) is 0 Å². The Morgan fingerprint density at radius 2 is 2.03 bits per heavy atom. The zero-order chi connectivity index (χ0) is 20.6. The normalized spacial score (nSPS) is 21.8. The zero-order valence-corrected chi connectivity index (χ0v) is 18.2. The van der Waals surface area contributed by atoms with Crippen LogP contribution in [0, 0.1) is 11.3 Å². The number of likely N-dealkylation sites (tertiary alicyclic amines) is 1. The fourth-order valence-corrected chi connectivity index (χ4v) is 4.90. The van der Waals surface area contributed by atoms with Crippen molar-refractivity contribution in [1.82, 2.24) is 19.6 Å². The quantitative estimate of drug-likeness (QED) is 0.767. The lowest BCUT2D eigenvalue weighted by atomic mass is 9.71. The molecule has 2 aromatic heterocycles. The lowest BCUT2D eigenvalue weighted by Gasteiger charge is -2.35. The average molecular weight is 399 g/mol. The minimum atomic E-state index is 0.137. The SMILES string of the molecule is C[C@@H](CC(=O)N1CCC(c2onc3c2C[C@H](C(C)(C)C)CC3)CC1)n1ccnc1. The molecule has 2 atom stereocenters. The second-order valence-corrected chi connectivity index (χ2v) is 10.00. The van der Waals surface area contributed by atoms with E-state index < -0.39 is 0 Å². The van der Waals surface area contributed by atoms with Crippen LogP contribution in [0.4, 0.5) is 0 Å². The molecule has 4 rings (SSSR count). The molecule has 6 nitrogen and oxygen atoms in total. The predicted molar refractivity (Wildman–Crippen MR) is 112 cm³/mol. The molecule has 2 aromatic rings. The van der Waals surface area contributed by atoms with E-state index in [0.29, 0.717) is 23.7 Å². The van der Waals surface area contributed by atoms with E-state index in [-0.39, 0.29) is 11.9 Å². The van der Waals surface area contributed by atoms with Crippen molar-refractivity contribution in [3.05, 3.63) is 35.7 Å². The Balaban J connectivity index is 1.36. The summed E-state index contributed by atoms with van der Waals surface area (Å²) in [5, 5.41) is 4.41. The molecule has 3 heterocycles. The van der Waals surface area contributed by atoms with E-state index in [1.165, 1.54) is 17.7 Å². The lowest BCUT2D eigenvalue weighted by Crippen LogP contribution is -2.38. The van der Waals surface area contributed by atoms with Crippen LogP contribution in [0.15, 0.2) is 23.2 Å². The third kappa shape index (κ3) is 4.26. The van der Waals surface area contributed by atoms with Crippen LogP contribution in [0.5, 0.6) is 0 Å². The summed E-state index contributed by atoms with van der Waals surface area (Å²) in [5.74, 6) is 2.41. The summed E-state index contributed by atoms with van der Waals surface area (Å²) in [6.07, 6.45) is 11.2. The zero-order valence-electron chi connectivity index (χ0n) is 18.2. The number of aryl methyl sites for hydroxylation is 1. The number of aromatic nitrogens is 3. The van der Waals surface area contributed by atoms with E-state index in [4.69, 9.17) is 4.52 Å². The molecule has 6 heteroatoms. The van der Waals surface area contributed by atoms with Gasteiger partial charge in [0.05, 0.1) is 12.0 Å². The van der Waals surface area contributed by atoms with Crippen LogP contribution in [0.2, 0.25) is 0 Å². The van der Waals surface area contributed by atoms with Crippen molar-refractivity contribution in [2.45, 2.75) is 78.2 Å². The van der Waals surface area contributed by atoms with Crippen LogP contribution in [0.1, 0.15) is 82.4 Å². The Labute approximate surface area is 173 Å². The molecule has 0 spiro atoms. The monoisotopic (exact) mass is 398 g/mol. The molecule has 0 bridgehead atoms. The van der Waals surface area contributed by atoms with Crippen LogP contribution in [-0.2, 0) is 17.6 Å². The summed E-state index contributed by atoms with van der Waals surface area (Å²) >= 11 is 0. The van der Waals surface area contributed by atoms with E-state index in [0.717, 1.165) is 44.5 Å². The van der Waals surface area contributed by atoms with Gasteiger partial charge in [0.1, 0.15) is 5.76 Å². The van der Waals surface area contributed by atoms with Crippen molar-refractivity contribution in [2.24, 2.45) is 11.3 Å². The first-order chi connectivity index (χ1) is 13.8. The van der Waals surface area contributed by atoms with E-state index >= 15 is 0 Å². The molecule has 2 aliphatic rings. The topological polar surface area (TPSA) is 64.2 Å². The number of nitrogens with zero attached hydrogens (tertiary/aromatic N) is 4. The van der Waals surface area contributed by atoms with Gasteiger partial charge in [-0.3, -0.25) is 4.79 Å². The van der Waals surface area contributed by atoms with Crippen molar-refractivity contribution in [2.75, 3.05) is 13.1 Å². The summed E-state index contributed by atoms with van der Waals surface area (Å²) in [7, 11) is 0. The maximum absolute atomic E-state index is 12.7. The first kappa shape index (κ1) is 20.2. The summed E-state index contributed by atoms with van der Waals surface area (Å²) in [6.45, 7) is 10.7. The number of piperidine rings is 1. The Kier molecular flexibility index (Phi) is 5.54. The number of carbonyl (C=O) groups excluding carboxylic acids is 1. The Morgan fingerprint density at radius 3 is 2.69 bits per heavy atom. The van der Waals surface area contributed by atoms with Crippen molar-refractivity contribution >= 4 is 5.91 Å².